The van der Waals surface area contributed by atoms with Crippen molar-refractivity contribution < 1.29 is 51.0 Å². The molecule has 0 aromatic heterocycles. The topological polar surface area (TPSA) is 0 Å². The van der Waals surface area contributed by atoms with Gasteiger partial charge in [0.2, 0.25) is 0 Å². The molecule has 0 aliphatic rings. The molecule has 0 nitrogen and oxygen atoms in total. The van der Waals surface area contributed by atoms with E-state index in [0.29, 0.717) is 0 Å². The van der Waals surface area contributed by atoms with Crippen LogP contribution in [0, 0.1) is 0 Å². The molecule has 0 saturated carbocycles. The second kappa shape index (κ2) is 12.0. The van der Waals surface area contributed by atoms with Crippen LogP contribution in [0.15, 0.2) is 97.1 Å². The summed E-state index contributed by atoms with van der Waals surface area (Å²) < 4.78 is 0. The molecule has 0 radical (unpaired) electrons. The number of aryl methyl sites for hydroxylation is 2. The van der Waals surface area contributed by atoms with Gasteiger partial charge in [-0.05, 0) is 23.6 Å². The van der Waals surface area contributed by atoms with Crippen LogP contribution in [-0.4, -0.2) is 0 Å². The summed E-state index contributed by atoms with van der Waals surface area (Å²) in [6.45, 7) is 4.41. The summed E-state index contributed by atoms with van der Waals surface area (Å²) in [5.74, 6) is 0. The summed E-state index contributed by atoms with van der Waals surface area (Å²) >= 11 is 0. The van der Waals surface area contributed by atoms with Crippen LogP contribution in [0.4, 0.5) is 0 Å². The van der Waals surface area contributed by atoms with Crippen molar-refractivity contribution in [2.75, 3.05) is 0 Å². The van der Waals surface area contributed by atoms with Gasteiger partial charge in [0.05, 0.1) is 0 Å². The van der Waals surface area contributed by atoms with E-state index in [1.165, 1.54) is 54.2 Å². The average molecular weight is 549 g/mol. The zero-order valence-electron chi connectivity index (χ0n) is 18.9. The molecule has 0 saturated heterocycles. The molecule has 6 aromatic rings. The summed E-state index contributed by atoms with van der Waals surface area (Å²) in [5.41, 5.74) is 2.86. The van der Waals surface area contributed by atoms with Gasteiger partial charge in [0.15, 0.2) is 0 Å². The molecule has 0 unspecified atom stereocenters. The number of fused-ring (bicyclic) bond motifs is 6. The summed E-state index contributed by atoms with van der Waals surface area (Å²) in [4.78, 5) is 0. The number of halogens is 2. The van der Waals surface area contributed by atoms with E-state index in [2.05, 4.69) is 111 Å². The molecule has 0 atom stereocenters. The number of hydrogen-bond donors (Lipinski definition) is 0. The fraction of sp³-hybridized carbons (Fsp3) is 0.133. The van der Waals surface area contributed by atoms with E-state index in [1.54, 1.807) is 0 Å². The zero-order chi connectivity index (χ0) is 20.5. The van der Waals surface area contributed by atoms with Gasteiger partial charge in [0.25, 0.3) is 0 Å². The Bertz CT molecular complexity index is 1360. The van der Waals surface area contributed by atoms with Crippen molar-refractivity contribution >= 4 is 43.1 Å². The number of hydrogen-bond acceptors (Lipinski definition) is 0. The van der Waals surface area contributed by atoms with E-state index >= 15 is 0 Å². The van der Waals surface area contributed by atoms with Crippen molar-refractivity contribution in [3.05, 3.63) is 108 Å². The van der Waals surface area contributed by atoms with Gasteiger partial charge in [0, 0.05) is 0 Å². The van der Waals surface area contributed by atoms with Crippen LogP contribution in [0.1, 0.15) is 25.0 Å². The van der Waals surface area contributed by atoms with Crippen LogP contribution in [0.2, 0.25) is 0 Å². The van der Waals surface area contributed by atoms with Crippen LogP contribution in [0.5, 0.6) is 0 Å². The first-order valence-corrected chi connectivity index (χ1v) is 10.9. The van der Waals surface area contributed by atoms with Gasteiger partial charge in [0.1, 0.15) is 0 Å². The maximum Gasteiger partial charge on any atom is 4.00 e. The fourth-order valence-corrected chi connectivity index (χ4v) is 4.46. The van der Waals surface area contributed by atoms with Gasteiger partial charge in [-0.3, -0.25) is 0 Å². The van der Waals surface area contributed by atoms with E-state index in [0.717, 1.165) is 12.8 Å². The Morgan fingerprint density at radius 3 is 1.30 bits per heavy atom. The van der Waals surface area contributed by atoms with E-state index in [9.17, 15) is 0 Å². The van der Waals surface area contributed by atoms with Crippen molar-refractivity contribution in [3.63, 3.8) is 0 Å². The first-order valence-electron chi connectivity index (χ1n) is 10.9. The van der Waals surface area contributed by atoms with Gasteiger partial charge in [-0.15, -0.1) is 56.9 Å². The van der Waals surface area contributed by atoms with Gasteiger partial charge in [-0.2, -0.15) is 12.1 Å². The normalized spacial score (nSPS) is 10.2. The van der Waals surface area contributed by atoms with Gasteiger partial charge in [-0.1, -0.05) is 85.3 Å². The van der Waals surface area contributed by atoms with Crippen molar-refractivity contribution in [3.8, 4) is 0 Å². The maximum absolute atomic E-state index is 2.32. The van der Waals surface area contributed by atoms with Crippen LogP contribution >= 0.6 is 0 Å². The standard InChI is InChI=1S/2C15H13.2ClH.Zr/c2*1-2-11-9-13-8-7-12-5-3-4-6-14(12)15(13)10-11;;;/h2*3-10H,2H2,1H3;2*1H;/q2*-1;;;+4/p-2. The molecule has 0 fully saturated rings. The zero-order valence-corrected chi connectivity index (χ0v) is 22.9. The number of benzene rings is 4. The Morgan fingerprint density at radius 2 is 0.909 bits per heavy atom. The summed E-state index contributed by atoms with van der Waals surface area (Å²) in [5, 5.41) is 10.9. The molecule has 6 rings (SSSR count). The van der Waals surface area contributed by atoms with Crippen LogP contribution in [0.25, 0.3) is 43.1 Å². The first kappa shape index (κ1) is 27.3. The quantitative estimate of drug-likeness (QED) is 0.292. The molecule has 3 heteroatoms. The third kappa shape index (κ3) is 5.43. The molecule has 33 heavy (non-hydrogen) atoms. The Kier molecular flexibility index (Phi) is 9.92. The number of rotatable bonds is 2. The molecule has 0 aliphatic heterocycles. The molecule has 6 aromatic carbocycles. The minimum atomic E-state index is 0. The summed E-state index contributed by atoms with van der Waals surface area (Å²) in [6.07, 6.45) is 2.23. The second-order valence-corrected chi connectivity index (χ2v) is 8.01. The van der Waals surface area contributed by atoms with Crippen LogP contribution in [0.3, 0.4) is 0 Å². The molecule has 0 aliphatic carbocycles. The summed E-state index contributed by atoms with van der Waals surface area (Å²) in [7, 11) is 0. The Labute approximate surface area is 227 Å². The third-order valence-corrected chi connectivity index (χ3v) is 6.17. The van der Waals surface area contributed by atoms with Gasteiger partial charge >= 0.3 is 26.2 Å². The van der Waals surface area contributed by atoms with Crippen molar-refractivity contribution in [1.29, 1.82) is 0 Å². The molecule has 0 heterocycles. The minimum absolute atomic E-state index is 0. The summed E-state index contributed by atoms with van der Waals surface area (Å²) in [6, 6.07) is 35.2. The largest absolute Gasteiger partial charge is 4.00 e. The average Bonchev–Trinajstić information content (AvgIpc) is 3.43. The molecule has 164 valence electrons. The van der Waals surface area contributed by atoms with Crippen molar-refractivity contribution in [1.82, 2.24) is 0 Å². The third-order valence-electron chi connectivity index (χ3n) is 6.17. The molecular weight excluding hydrogens is 522 g/mol. The minimum Gasteiger partial charge on any atom is -1.00 e. The van der Waals surface area contributed by atoms with E-state index in [-0.39, 0.29) is 51.0 Å². The van der Waals surface area contributed by atoms with Crippen LogP contribution in [-0.2, 0) is 39.0 Å². The van der Waals surface area contributed by atoms with E-state index in [1.807, 2.05) is 0 Å². The molecule has 0 amide bonds. The smallest absolute Gasteiger partial charge is 1.00 e. The molecule has 0 bridgehead atoms. The van der Waals surface area contributed by atoms with E-state index in [4.69, 9.17) is 0 Å². The Balaban J connectivity index is 0.000000214. The Morgan fingerprint density at radius 1 is 0.515 bits per heavy atom. The van der Waals surface area contributed by atoms with Crippen molar-refractivity contribution in [2.24, 2.45) is 0 Å². The molecule has 0 N–H and O–H groups in total. The van der Waals surface area contributed by atoms with Gasteiger partial charge < -0.3 is 24.8 Å². The van der Waals surface area contributed by atoms with Gasteiger partial charge in [-0.25, -0.2) is 0 Å². The predicted octanol–water partition coefficient (Wildman–Crippen LogP) is 2.55. The van der Waals surface area contributed by atoms with Crippen molar-refractivity contribution in [2.45, 2.75) is 26.7 Å². The second-order valence-electron chi connectivity index (χ2n) is 8.01. The predicted molar refractivity (Wildman–Crippen MR) is 133 cm³/mol. The fourth-order valence-electron chi connectivity index (χ4n) is 4.46. The van der Waals surface area contributed by atoms with Crippen LogP contribution < -0.4 is 24.8 Å². The Hall–Kier alpha value is -1.92. The molecular formula is C30H26Cl2Zr. The monoisotopic (exact) mass is 546 g/mol. The SMILES string of the molecule is CCc1cc2c(ccc3ccccc32)[cH-]1.CCc1cc2c(ccc3ccccc32)[cH-]1.[Cl-].[Cl-].[Zr+4]. The maximum atomic E-state index is 2.32. The van der Waals surface area contributed by atoms with E-state index < -0.39 is 0 Å². The first-order chi connectivity index (χ1) is 14.8. The molecule has 0 spiro atoms.